The summed E-state index contributed by atoms with van der Waals surface area (Å²) in [6, 6.07) is 8.38. The maximum Gasteiger partial charge on any atom is 0.0697 e. The van der Waals surface area contributed by atoms with Crippen LogP contribution >= 0.6 is 11.6 Å². The average molecular weight is 308 g/mol. The second-order valence-electron chi connectivity index (χ2n) is 7.76. The van der Waals surface area contributed by atoms with Gasteiger partial charge < -0.3 is 10.1 Å². The topological polar surface area (TPSA) is 21.3 Å². The highest BCUT2D eigenvalue weighted by atomic mass is 35.5. The summed E-state index contributed by atoms with van der Waals surface area (Å²) in [5.41, 5.74) is 1.41. The predicted molar refractivity (Wildman–Crippen MR) is 88.0 cm³/mol. The lowest BCUT2D eigenvalue weighted by Gasteiger charge is -2.49. The smallest absolute Gasteiger partial charge is 0.0697 e. The van der Waals surface area contributed by atoms with Gasteiger partial charge in [0.1, 0.15) is 0 Å². The van der Waals surface area contributed by atoms with Crippen LogP contribution in [0.1, 0.15) is 52.0 Å². The maximum atomic E-state index is 6.45. The summed E-state index contributed by atoms with van der Waals surface area (Å²) in [4.78, 5) is 0. The molecule has 1 spiro atoms. The van der Waals surface area contributed by atoms with Crippen molar-refractivity contribution in [2.45, 2.75) is 57.7 Å². The molecule has 2 heterocycles. The SMILES string of the molecule is CC1(C)CC2(CCNCC2c2ccc(Cl)cc2)C(C)(C)O1. The van der Waals surface area contributed by atoms with Crippen LogP contribution in [0.4, 0.5) is 0 Å². The van der Waals surface area contributed by atoms with Gasteiger partial charge in [-0.1, -0.05) is 23.7 Å². The highest BCUT2D eigenvalue weighted by Gasteiger charge is 2.60. The van der Waals surface area contributed by atoms with Crippen LogP contribution in [0, 0.1) is 5.41 Å². The average Bonchev–Trinajstić information content (AvgIpc) is 2.56. The van der Waals surface area contributed by atoms with Gasteiger partial charge in [0.15, 0.2) is 0 Å². The number of halogens is 1. The van der Waals surface area contributed by atoms with Gasteiger partial charge in [0.2, 0.25) is 0 Å². The third-order valence-corrected chi connectivity index (χ3v) is 5.76. The molecular formula is C18H26ClNO. The molecule has 2 fully saturated rings. The van der Waals surface area contributed by atoms with Crippen LogP contribution in [-0.2, 0) is 4.74 Å². The van der Waals surface area contributed by atoms with Crippen LogP contribution in [0.15, 0.2) is 24.3 Å². The zero-order valence-corrected chi connectivity index (χ0v) is 14.3. The highest BCUT2D eigenvalue weighted by molar-refractivity contribution is 6.30. The lowest BCUT2D eigenvalue weighted by atomic mass is 9.58. The molecule has 0 aliphatic carbocycles. The molecule has 2 nitrogen and oxygen atoms in total. The van der Waals surface area contributed by atoms with Crippen molar-refractivity contribution in [1.29, 1.82) is 0 Å². The third-order valence-electron chi connectivity index (χ3n) is 5.51. The standard InChI is InChI=1S/C18H26ClNO/c1-16(2)12-18(17(3,4)21-16)9-10-20-11-15(18)13-5-7-14(19)8-6-13/h5-8,15,20H,9-12H2,1-4H3. The van der Waals surface area contributed by atoms with E-state index < -0.39 is 0 Å². The largest absolute Gasteiger partial charge is 0.369 e. The molecule has 116 valence electrons. The predicted octanol–water partition coefficient (Wildman–Crippen LogP) is 4.38. The van der Waals surface area contributed by atoms with Crippen molar-refractivity contribution in [3.8, 4) is 0 Å². The van der Waals surface area contributed by atoms with Crippen LogP contribution in [0.5, 0.6) is 0 Å². The van der Waals surface area contributed by atoms with Gasteiger partial charge in [0.25, 0.3) is 0 Å². The lowest BCUT2D eigenvalue weighted by Crippen LogP contribution is -2.52. The minimum Gasteiger partial charge on any atom is -0.369 e. The number of hydrogen-bond acceptors (Lipinski definition) is 2. The van der Waals surface area contributed by atoms with Gasteiger partial charge in [-0.2, -0.15) is 0 Å². The lowest BCUT2D eigenvalue weighted by molar-refractivity contribution is -0.104. The van der Waals surface area contributed by atoms with E-state index in [-0.39, 0.29) is 16.6 Å². The molecule has 0 aromatic heterocycles. The first kappa shape index (κ1) is 15.3. The van der Waals surface area contributed by atoms with Crippen LogP contribution in [0.3, 0.4) is 0 Å². The van der Waals surface area contributed by atoms with E-state index >= 15 is 0 Å². The summed E-state index contributed by atoms with van der Waals surface area (Å²) >= 11 is 6.06. The minimum absolute atomic E-state index is 0.0501. The molecule has 2 aliphatic heterocycles. The van der Waals surface area contributed by atoms with E-state index in [0.29, 0.717) is 5.92 Å². The highest BCUT2D eigenvalue weighted by Crippen LogP contribution is 2.60. The normalized spacial score (nSPS) is 34.2. The van der Waals surface area contributed by atoms with Crippen LogP contribution in [-0.4, -0.2) is 24.3 Å². The number of piperidine rings is 1. The maximum absolute atomic E-state index is 6.45. The van der Waals surface area contributed by atoms with Crippen molar-refractivity contribution in [2.24, 2.45) is 5.41 Å². The summed E-state index contributed by atoms with van der Waals surface area (Å²) < 4.78 is 6.45. The molecule has 0 saturated carbocycles. The van der Waals surface area contributed by atoms with E-state index in [1.807, 2.05) is 12.1 Å². The van der Waals surface area contributed by atoms with Gasteiger partial charge in [-0.3, -0.25) is 0 Å². The Morgan fingerprint density at radius 1 is 1.14 bits per heavy atom. The Hall–Kier alpha value is -0.570. The Labute approximate surface area is 133 Å². The molecule has 0 bridgehead atoms. The number of benzene rings is 1. The summed E-state index contributed by atoms with van der Waals surface area (Å²) in [6.45, 7) is 11.1. The summed E-state index contributed by atoms with van der Waals surface area (Å²) in [5, 5.41) is 4.38. The molecule has 21 heavy (non-hydrogen) atoms. The molecule has 1 N–H and O–H groups in total. The van der Waals surface area contributed by atoms with Gasteiger partial charge in [0.05, 0.1) is 11.2 Å². The summed E-state index contributed by atoms with van der Waals surface area (Å²) in [6.07, 6.45) is 2.28. The molecular weight excluding hydrogens is 282 g/mol. The first-order valence-electron chi connectivity index (χ1n) is 7.92. The Bertz CT molecular complexity index is 523. The molecule has 2 saturated heterocycles. The van der Waals surface area contributed by atoms with Gasteiger partial charge in [0, 0.05) is 22.9 Å². The van der Waals surface area contributed by atoms with Crippen molar-refractivity contribution >= 4 is 11.6 Å². The van der Waals surface area contributed by atoms with Crippen molar-refractivity contribution in [1.82, 2.24) is 5.32 Å². The molecule has 0 amide bonds. The monoisotopic (exact) mass is 307 g/mol. The van der Waals surface area contributed by atoms with E-state index in [4.69, 9.17) is 16.3 Å². The zero-order chi connectivity index (χ0) is 15.3. The Morgan fingerprint density at radius 3 is 2.38 bits per heavy atom. The van der Waals surface area contributed by atoms with Crippen molar-refractivity contribution in [2.75, 3.05) is 13.1 Å². The second kappa shape index (κ2) is 4.97. The summed E-state index contributed by atoms with van der Waals surface area (Å²) in [7, 11) is 0. The number of rotatable bonds is 1. The number of hydrogen-bond donors (Lipinski definition) is 1. The fourth-order valence-electron chi connectivity index (χ4n) is 4.79. The molecule has 2 atom stereocenters. The molecule has 2 aliphatic rings. The van der Waals surface area contributed by atoms with Gasteiger partial charge >= 0.3 is 0 Å². The quantitative estimate of drug-likeness (QED) is 0.831. The molecule has 1 aromatic rings. The van der Waals surface area contributed by atoms with Crippen LogP contribution in [0.2, 0.25) is 5.02 Å². The minimum atomic E-state index is -0.108. The van der Waals surface area contributed by atoms with E-state index in [1.165, 1.54) is 5.56 Å². The first-order chi connectivity index (χ1) is 9.76. The number of ether oxygens (including phenoxy) is 1. The molecule has 1 aromatic carbocycles. The molecule has 2 unspecified atom stereocenters. The van der Waals surface area contributed by atoms with E-state index in [2.05, 4.69) is 45.1 Å². The van der Waals surface area contributed by atoms with Gasteiger partial charge in [-0.25, -0.2) is 0 Å². The number of nitrogens with one attached hydrogen (secondary N) is 1. The van der Waals surface area contributed by atoms with E-state index in [1.54, 1.807) is 0 Å². The van der Waals surface area contributed by atoms with Gasteiger partial charge in [-0.05, 0) is 64.8 Å². The van der Waals surface area contributed by atoms with Crippen molar-refractivity contribution < 1.29 is 4.74 Å². The van der Waals surface area contributed by atoms with E-state index in [9.17, 15) is 0 Å². The molecule has 0 radical (unpaired) electrons. The van der Waals surface area contributed by atoms with Gasteiger partial charge in [-0.15, -0.1) is 0 Å². The Balaban J connectivity index is 2.04. The Kier molecular flexibility index (Phi) is 3.63. The van der Waals surface area contributed by atoms with Crippen LogP contribution < -0.4 is 5.32 Å². The van der Waals surface area contributed by atoms with E-state index in [0.717, 1.165) is 31.0 Å². The Morgan fingerprint density at radius 2 is 1.81 bits per heavy atom. The van der Waals surface area contributed by atoms with Crippen molar-refractivity contribution in [3.05, 3.63) is 34.9 Å². The molecule has 3 heteroatoms. The fraction of sp³-hybridized carbons (Fsp3) is 0.667. The molecule has 3 rings (SSSR count). The first-order valence-corrected chi connectivity index (χ1v) is 8.30. The summed E-state index contributed by atoms with van der Waals surface area (Å²) in [5.74, 6) is 0.472. The third kappa shape index (κ3) is 2.52. The fourth-order valence-corrected chi connectivity index (χ4v) is 4.92. The van der Waals surface area contributed by atoms with Crippen LogP contribution in [0.25, 0.3) is 0 Å². The second-order valence-corrected chi connectivity index (χ2v) is 8.20. The van der Waals surface area contributed by atoms with Crippen molar-refractivity contribution in [3.63, 3.8) is 0 Å². The zero-order valence-electron chi connectivity index (χ0n) is 13.5.